The molecule has 0 spiro atoms. The molecule has 2 aromatic carbocycles. The minimum Gasteiger partial charge on any atom is -0.494 e. The van der Waals surface area contributed by atoms with Gasteiger partial charge in [-0.25, -0.2) is 4.79 Å². The SMILES string of the molecule is CCOc1ccc2oc(C(=O)OC(C)C(=O)Nc3ccc([N+](=O)[O-])cc3Cl)c(C)c2c1. The van der Waals surface area contributed by atoms with E-state index < -0.39 is 22.9 Å². The van der Waals surface area contributed by atoms with Crippen LogP contribution in [-0.2, 0) is 9.53 Å². The van der Waals surface area contributed by atoms with Crippen molar-refractivity contribution in [1.29, 1.82) is 0 Å². The van der Waals surface area contributed by atoms with Crippen molar-refractivity contribution in [2.75, 3.05) is 11.9 Å². The molecule has 3 rings (SSSR count). The molecule has 1 unspecified atom stereocenters. The lowest BCUT2D eigenvalue weighted by Gasteiger charge is -2.13. The van der Waals surface area contributed by atoms with Crippen LogP contribution in [0.5, 0.6) is 5.75 Å². The molecule has 9 nitrogen and oxygen atoms in total. The van der Waals surface area contributed by atoms with Gasteiger partial charge >= 0.3 is 5.97 Å². The van der Waals surface area contributed by atoms with Crippen molar-refractivity contribution in [2.45, 2.75) is 26.9 Å². The number of nitrogens with one attached hydrogen (secondary N) is 1. The van der Waals surface area contributed by atoms with E-state index in [0.29, 0.717) is 28.9 Å². The van der Waals surface area contributed by atoms with Crippen LogP contribution in [0.25, 0.3) is 11.0 Å². The Kier molecular flexibility index (Phi) is 6.45. The molecule has 0 aliphatic carbocycles. The van der Waals surface area contributed by atoms with Crippen LogP contribution in [0.15, 0.2) is 40.8 Å². The predicted octanol–water partition coefficient (Wildman–Crippen LogP) is 4.89. The van der Waals surface area contributed by atoms with Crippen molar-refractivity contribution in [2.24, 2.45) is 0 Å². The topological polar surface area (TPSA) is 121 Å². The van der Waals surface area contributed by atoms with Gasteiger partial charge in [0.2, 0.25) is 5.76 Å². The molecule has 31 heavy (non-hydrogen) atoms. The number of esters is 1. The first-order valence-electron chi connectivity index (χ1n) is 9.33. The molecule has 3 aromatic rings. The average molecular weight is 447 g/mol. The summed E-state index contributed by atoms with van der Waals surface area (Å²) in [5, 5.41) is 13.9. The molecule has 1 heterocycles. The van der Waals surface area contributed by atoms with E-state index >= 15 is 0 Å². The Hall–Kier alpha value is -3.59. The molecular weight excluding hydrogens is 428 g/mol. The smallest absolute Gasteiger partial charge is 0.375 e. The van der Waals surface area contributed by atoms with Crippen LogP contribution in [0.1, 0.15) is 30.0 Å². The van der Waals surface area contributed by atoms with Gasteiger partial charge in [0.15, 0.2) is 6.10 Å². The third-order valence-electron chi connectivity index (χ3n) is 4.48. The van der Waals surface area contributed by atoms with E-state index in [1.54, 1.807) is 25.1 Å². The molecule has 0 saturated carbocycles. The lowest BCUT2D eigenvalue weighted by Crippen LogP contribution is -2.30. The molecule has 1 atom stereocenters. The summed E-state index contributed by atoms with van der Waals surface area (Å²) >= 11 is 5.97. The van der Waals surface area contributed by atoms with Gasteiger partial charge in [-0.05, 0) is 45.0 Å². The fourth-order valence-electron chi connectivity index (χ4n) is 2.87. The second-order valence-electron chi connectivity index (χ2n) is 6.61. The molecule has 10 heteroatoms. The zero-order valence-corrected chi connectivity index (χ0v) is 17.7. The van der Waals surface area contributed by atoms with Gasteiger partial charge in [0.1, 0.15) is 11.3 Å². The third-order valence-corrected chi connectivity index (χ3v) is 4.79. The number of anilines is 1. The number of nitrogens with zero attached hydrogens (tertiary/aromatic N) is 1. The summed E-state index contributed by atoms with van der Waals surface area (Å²) in [6, 6.07) is 8.80. The number of non-ortho nitro benzene ring substituents is 1. The number of hydrogen-bond acceptors (Lipinski definition) is 7. The van der Waals surface area contributed by atoms with E-state index in [-0.39, 0.29) is 22.2 Å². The van der Waals surface area contributed by atoms with Crippen LogP contribution in [0.3, 0.4) is 0 Å². The van der Waals surface area contributed by atoms with E-state index in [1.165, 1.54) is 19.1 Å². The minimum atomic E-state index is -1.18. The largest absolute Gasteiger partial charge is 0.494 e. The summed E-state index contributed by atoms with van der Waals surface area (Å²) < 4.78 is 16.3. The Bertz CT molecular complexity index is 1170. The number of aryl methyl sites for hydroxylation is 1. The number of nitro benzene ring substituents is 1. The number of benzene rings is 2. The van der Waals surface area contributed by atoms with Gasteiger partial charge in [0, 0.05) is 23.1 Å². The summed E-state index contributed by atoms with van der Waals surface area (Å²) in [5.74, 6) is -0.830. The first kappa shape index (κ1) is 22.1. The number of amides is 1. The molecule has 162 valence electrons. The van der Waals surface area contributed by atoms with Crippen molar-refractivity contribution >= 4 is 45.8 Å². The van der Waals surface area contributed by atoms with E-state index in [0.717, 1.165) is 6.07 Å². The van der Waals surface area contributed by atoms with E-state index in [9.17, 15) is 19.7 Å². The maximum Gasteiger partial charge on any atom is 0.375 e. The minimum absolute atomic E-state index is 0.0145. The molecule has 0 saturated heterocycles. The summed E-state index contributed by atoms with van der Waals surface area (Å²) in [4.78, 5) is 35.1. The Labute approximate surface area is 182 Å². The molecule has 1 amide bonds. The lowest BCUT2D eigenvalue weighted by atomic mass is 10.1. The Morgan fingerprint density at radius 2 is 2.00 bits per heavy atom. The fourth-order valence-corrected chi connectivity index (χ4v) is 3.09. The van der Waals surface area contributed by atoms with Gasteiger partial charge in [-0.15, -0.1) is 0 Å². The monoisotopic (exact) mass is 446 g/mol. The molecule has 0 bridgehead atoms. The van der Waals surface area contributed by atoms with E-state index in [2.05, 4.69) is 5.32 Å². The first-order valence-corrected chi connectivity index (χ1v) is 9.70. The number of ether oxygens (including phenoxy) is 2. The number of fused-ring (bicyclic) bond motifs is 1. The predicted molar refractivity (Wildman–Crippen MR) is 114 cm³/mol. The molecule has 0 radical (unpaired) electrons. The number of carbonyl (C=O) groups is 2. The van der Waals surface area contributed by atoms with Gasteiger partial charge in [0.05, 0.1) is 22.2 Å². The fraction of sp³-hybridized carbons (Fsp3) is 0.238. The molecule has 1 aromatic heterocycles. The summed E-state index contributed by atoms with van der Waals surface area (Å²) in [6.45, 7) is 5.46. The highest BCUT2D eigenvalue weighted by molar-refractivity contribution is 6.34. The van der Waals surface area contributed by atoms with Gasteiger partial charge in [0.25, 0.3) is 11.6 Å². The molecule has 0 aliphatic heterocycles. The third kappa shape index (κ3) is 4.77. The first-order chi connectivity index (χ1) is 14.7. The molecule has 0 aliphatic rings. The summed E-state index contributed by atoms with van der Waals surface area (Å²) in [5.41, 5.74) is 0.995. The van der Waals surface area contributed by atoms with Gasteiger partial charge < -0.3 is 19.2 Å². The maximum absolute atomic E-state index is 12.6. The maximum atomic E-state index is 12.6. The van der Waals surface area contributed by atoms with Crippen LogP contribution in [0.4, 0.5) is 11.4 Å². The van der Waals surface area contributed by atoms with Crippen LogP contribution >= 0.6 is 11.6 Å². The second kappa shape index (κ2) is 9.05. The zero-order valence-electron chi connectivity index (χ0n) is 16.9. The number of rotatable bonds is 7. The van der Waals surface area contributed by atoms with Crippen LogP contribution < -0.4 is 10.1 Å². The number of carbonyl (C=O) groups excluding carboxylic acids is 2. The number of furan rings is 1. The van der Waals surface area contributed by atoms with Crippen LogP contribution in [0, 0.1) is 17.0 Å². The van der Waals surface area contributed by atoms with Gasteiger partial charge in [-0.2, -0.15) is 0 Å². The Balaban J connectivity index is 1.72. The number of halogens is 1. The van der Waals surface area contributed by atoms with Crippen molar-refractivity contribution in [3.63, 3.8) is 0 Å². The highest BCUT2D eigenvalue weighted by Gasteiger charge is 2.25. The van der Waals surface area contributed by atoms with Crippen molar-refractivity contribution in [3.8, 4) is 5.75 Å². The Morgan fingerprint density at radius 1 is 1.26 bits per heavy atom. The van der Waals surface area contributed by atoms with Crippen molar-refractivity contribution in [3.05, 3.63) is 62.9 Å². The highest BCUT2D eigenvalue weighted by atomic mass is 35.5. The number of hydrogen-bond donors (Lipinski definition) is 1. The van der Waals surface area contributed by atoms with Crippen LogP contribution in [0.2, 0.25) is 5.02 Å². The standard InChI is InChI=1S/C21H19ClN2O7/c1-4-29-14-6-8-18-15(10-14)11(2)19(31-18)21(26)30-12(3)20(25)23-17-7-5-13(24(27)28)9-16(17)22/h5-10,12H,4H2,1-3H3,(H,23,25). The number of nitro groups is 1. The second-order valence-corrected chi connectivity index (χ2v) is 7.01. The van der Waals surface area contributed by atoms with Gasteiger partial charge in [-0.1, -0.05) is 11.6 Å². The van der Waals surface area contributed by atoms with Crippen molar-refractivity contribution < 1.29 is 28.4 Å². The Morgan fingerprint density at radius 3 is 2.65 bits per heavy atom. The van der Waals surface area contributed by atoms with E-state index in [1.807, 2.05) is 6.92 Å². The summed E-state index contributed by atoms with van der Waals surface area (Å²) in [6.07, 6.45) is -1.18. The normalized spacial score (nSPS) is 11.7. The van der Waals surface area contributed by atoms with Gasteiger partial charge in [-0.3, -0.25) is 14.9 Å². The molecule has 1 N–H and O–H groups in total. The molecule has 0 fully saturated rings. The zero-order chi connectivity index (χ0) is 22.7. The highest BCUT2D eigenvalue weighted by Crippen LogP contribution is 2.30. The molecular formula is C21H19ClN2O7. The quantitative estimate of drug-likeness (QED) is 0.311. The average Bonchev–Trinajstić information content (AvgIpc) is 3.05. The van der Waals surface area contributed by atoms with E-state index in [4.69, 9.17) is 25.5 Å². The summed E-state index contributed by atoms with van der Waals surface area (Å²) in [7, 11) is 0. The van der Waals surface area contributed by atoms with Crippen molar-refractivity contribution in [1.82, 2.24) is 0 Å². The lowest BCUT2D eigenvalue weighted by molar-refractivity contribution is -0.384. The van der Waals surface area contributed by atoms with Crippen LogP contribution in [-0.4, -0.2) is 29.5 Å².